The van der Waals surface area contributed by atoms with Gasteiger partial charge >= 0.3 is 0 Å². The number of aryl methyl sites for hydroxylation is 2. The van der Waals surface area contributed by atoms with Crippen LogP contribution in [0.2, 0.25) is 0 Å². The summed E-state index contributed by atoms with van der Waals surface area (Å²) in [5, 5.41) is 0. The molecule has 1 aliphatic carbocycles. The van der Waals surface area contributed by atoms with Crippen LogP contribution in [0.1, 0.15) is 48.8 Å². The number of rotatable bonds is 3. The first-order valence-corrected chi connectivity index (χ1v) is 9.21. The van der Waals surface area contributed by atoms with E-state index in [0.29, 0.717) is 11.4 Å². The molecule has 0 aromatic heterocycles. The molecule has 1 aliphatic rings. The van der Waals surface area contributed by atoms with Crippen LogP contribution in [-0.2, 0) is 15.3 Å². The summed E-state index contributed by atoms with van der Waals surface area (Å²) in [6, 6.07) is 3.88. The van der Waals surface area contributed by atoms with Crippen molar-refractivity contribution >= 4 is 9.84 Å². The van der Waals surface area contributed by atoms with Gasteiger partial charge in [-0.05, 0) is 49.4 Å². The van der Waals surface area contributed by atoms with Crippen LogP contribution >= 0.6 is 0 Å². The third-order valence-corrected chi connectivity index (χ3v) is 5.90. The number of hydrogen-bond acceptors (Lipinski definition) is 3. The molecule has 0 spiro atoms. The quantitative estimate of drug-likeness (QED) is 0.932. The van der Waals surface area contributed by atoms with Crippen molar-refractivity contribution in [3.63, 3.8) is 0 Å². The van der Waals surface area contributed by atoms with E-state index in [1.54, 1.807) is 0 Å². The number of hydrogen-bond donors (Lipinski definition) is 1. The molecule has 0 unspecified atom stereocenters. The third-order valence-electron chi connectivity index (χ3n) is 4.77. The number of sulfone groups is 1. The molecule has 0 heterocycles. The fraction of sp³-hybridized carbons (Fsp3) is 0.625. The van der Waals surface area contributed by atoms with Crippen molar-refractivity contribution in [3.8, 4) is 0 Å². The first kappa shape index (κ1) is 15.5. The minimum atomic E-state index is -3.23. The van der Waals surface area contributed by atoms with Crippen molar-refractivity contribution in [1.82, 2.24) is 0 Å². The summed E-state index contributed by atoms with van der Waals surface area (Å²) < 4.78 is 24.4. The Morgan fingerprint density at radius 3 is 2.15 bits per heavy atom. The molecule has 20 heavy (non-hydrogen) atoms. The minimum Gasteiger partial charge on any atom is -0.330 e. The average molecular weight is 295 g/mol. The standard InChI is InChI=1S/C16H25NO2S/c1-12-9-14(15(10-13(12)2)20(3,18)19)16(11-17)7-5-4-6-8-16/h9-10H,4-8,11,17H2,1-3H3. The minimum absolute atomic E-state index is 0.158. The van der Waals surface area contributed by atoms with Crippen LogP contribution in [0.3, 0.4) is 0 Å². The normalized spacial score (nSPS) is 19.0. The van der Waals surface area contributed by atoms with Crippen LogP contribution in [0.25, 0.3) is 0 Å². The molecule has 0 amide bonds. The van der Waals surface area contributed by atoms with Gasteiger partial charge in [-0.2, -0.15) is 0 Å². The maximum atomic E-state index is 12.2. The summed E-state index contributed by atoms with van der Waals surface area (Å²) in [4.78, 5) is 0.480. The Kier molecular flexibility index (Phi) is 4.26. The van der Waals surface area contributed by atoms with Gasteiger partial charge in [0.2, 0.25) is 0 Å². The Hall–Kier alpha value is -0.870. The molecule has 0 bridgehead atoms. The summed E-state index contributed by atoms with van der Waals surface area (Å²) in [6.07, 6.45) is 6.78. The molecule has 0 radical (unpaired) electrons. The van der Waals surface area contributed by atoms with Crippen molar-refractivity contribution in [2.45, 2.75) is 56.3 Å². The third kappa shape index (κ3) is 2.77. The van der Waals surface area contributed by atoms with Crippen molar-refractivity contribution < 1.29 is 8.42 Å². The van der Waals surface area contributed by atoms with Gasteiger partial charge in [-0.1, -0.05) is 25.3 Å². The zero-order valence-corrected chi connectivity index (χ0v) is 13.5. The maximum absolute atomic E-state index is 12.2. The highest BCUT2D eigenvalue weighted by atomic mass is 32.2. The van der Waals surface area contributed by atoms with Gasteiger partial charge in [-0.3, -0.25) is 0 Å². The number of benzene rings is 1. The van der Waals surface area contributed by atoms with Crippen LogP contribution in [0.5, 0.6) is 0 Å². The number of nitrogens with two attached hydrogens (primary N) is 1. The molecular weight excluding hydrogens is 270 g/mol. The highest BCUT2D eigenvalue weighted by Crippen LogP contribution is 2.42. The van der Waals surface area contributed by atoms with Gasteiger partial charge in [-0.15, -0.1) is 0 Å². The molecule has 3 nitrogen and oxygen atoms in total. The van der Waals surface area contributed by atoms with E-state index in [2.05, 4.69) is 6.07 Å². The van der Waals surface area contributed by atoms with Crippen molar-refractivity contribution in [2.75, 3.05) is 12.8 Å². The first-order chi connectivity index (χ1) is 9.30. The van der Waals surface area contributed by atoms with E-state index in [4.69, 9.17) is 5.73 Å². The Morgan fingerprint density at radius 1 is 1.10 bits per heavy atom. The molecule has 1 aromatic carbocycles. The van der Waals surface area contributed by atoms with E-state index in [1.807, 2.05) is 19.9 Å². The van der Waals surface area contributed by atoms with E-state index in [-0.39, 0.29) is 5.41 Å². The highest BCUT2D eigenvalue weighted by molar-refractivity contribution is 7.90. The molecule has 1 fully saturated rings. The van der Waals surface area contributed by atoms with Crippen molar-refractivity contribution in [3.05, 3.63) is 28.8 Å². The smallest absolute Gasteiger partial charge is 0.175 e. The fourth-order valence-electron chi connectivity index (χ4n) is 3.32. The molecule has 0 saturated heterocycles. The van der Waals surface area contributed by atoms with Gasteiger partial charge in [0.25, 0.3) is 0 Å². The monoisotopic (exact) mass is 295 g/mol. The van der Waals surface area contributed by atoms with E-state index >= 15 is 0 Å². The summed E-state index contributed by atoms with van der Waals surface area (Å²) in [7, 11) is -3.23. The van der Waals surface area contributed by atoms with Gasteiger partial charge in [0.05, 0.1) is 4.90 Å². The van der Waals surface area contributed by atoms with Crippen LogP contribution in [0, 0.1) is 13.8 Å². The van der Waals surface area contributed by atoms with Crippen LogP contribution in [0.4, 0.5) is 0 Å². The molecule has 1 aromatic rings. The Morgan fingerprint density at radius 2 is 1.65 bits per heavy atom. The second-order valence-electron chi connectivity index (χ2n) is 6.25. The molecular formula is C16H25NO2S. The molecule has 2 N–H and O–H groups in total. The van der Waals surface area contributed by atoms with Gasteiger partial charge in [0.15, 0.2) is 9.84 Å². The zero-order valence-electron chi connectivity index (χ0n) is 12.7. The molecule has 2 rings (SSSR count). The molecule has 4 heteroatoms. The van der Waals surface area contributed by atoms with E-state index in [9.17, 15) is 8.42 Å². The average Bonchev–Trinajstić information content (AvgIpc) is 2.41. The van der Waals surface area contributed by atoms with Crippen molar-refractivity contribution in [1.29, 1.82) is 0 Å². The lowest BCUT2D eigenvalue weighted by Crippen LogP contribution is -2.38. The fourth-order valence-corrected chi connectivity index (χ4v) is 4.39. The van der Waals surface area contributed by atoms with Crippen LogP contribution in [-0.4, -0.2) is 21.2 Å². The Bertz CT molecular complexity index is 599. The predicted octanol–water partition coefficient (Wildman–Crippen LogP) is 2.87. The van der Waals surface area contributed by atoms with Gasteiger partial charge in [-0.25, -0.2) is 8.42 Å². The van der Waals surface area contributed by atoms with E-state index in [1.165, 1.54) is 12.7 Å². The van der Waals surface area contributed by atoms with Crippen LogP contribution < -0.4 is 5.73 Å². The van der Waals surface area contributed by atoms with E-state index < -0.39 is 9.84 Å². The molecule has 0 aliphatic heterocycles. The second-order valence-corrected chi connectivity index (χ2v) is 8.23. The topological polar surface area (TPSA) is 60.2 Å². The molecule has 1 saturated carbocycles. The van der Waals surface area contributed by atoms with Gasteiger partial charge in [0.1, 0.15) is 0 Å². The predicted molar refractivity (Wildman–Crippen MR) is 82.8 cm³/mol. The lowest BCUT2D eigenvalue weighted by atomic mass is 9.69. The summed E-state index contributed by atoms with van der Waals surface area (Å²) >= 11 is 0. The van der Waals surface area contributed by atoms with Gasteiger partial charge in [0, 0.05) is 18.2 Å². The summed E-state index contributed by atoms with van der Waals surface area (Å²) in [5.74, 6) is 0. The lowest BCUT2D eigenvalue weighted by molar-refractivity contribution is 0.296. The summed E-state index contributed by atoms with van der Waals surface area (Å²) in [5.41, 5.74) is 9.04. The SMILES string of the molecule is Cc1cc(C2(CN)CCCCC2)c(S(C)(=O)=O)cc1C. The highest BCUT2D eigenvalue weighted by Gasteiger charge is 2.36. The summed E-state index contributed by atoms with van der Waals surface area (Å²) in [6.45, 7) is 4.53. The first-order valence-electron chi connectivity index (χ1n) is 7.32. The van der Waals surface area contributed by atoms with Gasteiger partial charge < -0.3 is 5.73 Å². The van der Waals surface area contributed by atoms with Crippen LogP contribution in [0.15, 0.2) is 17.0 Å². The maximum Gasteiger partial charge on any atom is 0.175 e. The Labute approximate surface area is 122 Å². The molecule has 112 valence electrons. The largest absolute Gasteiger partial charge is 0.330 e. The second kappa shape index (κ2) is 5.49. The zero-order chi connectivity index (χ0) is 15.0. The Balaban J connectivity index is 2.68. The molecule has 0 atom stereocenters. The lowest BCUT2D eigenvalue weighted by Gasteiger charge is -2.38. The van der Waals surface area contributed by atoms with Crippen molar-refractivity contribution in [2.24, 2.45) is 5.73 Å². The van der Waals surface area contributed by atoms with E-state index in [0.717, 1.165) is 42.4 Å².